The quantitative estimate of drug-likeness (QED) is 0.672. The second-order valence-electron chi connectivity index (χ2n) is 5.13. The summed E-state index contributed by atoms with van der Waals surface area (Å²) in [5.74, 6) is 0.705. The van der Waals surface area contributed by atoms with Gasteiger partial charge in [-0.05, 0) is 0 Å². The first-order chi connectivity index (χ1) is 11.0. The minimum atomic E-state index is -3.71. The number of hydrogen-bond acceptors (Lipinski definition) is 6. The van der Waals surface area contributed by atoms with E-state index in [2.05, 4.69) is 14.9 Å². The predicted molar refractivity (Wildman–Crippen MR) is 104 cm³/mol. The number of piperazine rings is 1. The Bertz CT molecular complexity index is 640. The number of benzene rings is 1. The summed E-state index contributed by atoms with van der Waals surface area (Å²) in [4.78, 5) is 2.19. The van der Waals surface area contributed by atoms with Crippen LogP contribution in [-0.2, 0) is 10.0 Å². The van der Waals surface area contributed by atoms with Gasteiger partial charge in [0.2, 0.25) is 10.0 Å². The van der Waals surface area contributed by atoms with Crippen molar-refractivity contribution in [2.45, 2.75) is 4.90 Å². The molecule has 1 aliphatic rings. The van der Waals surface area contributed by atoms with Crippen LogP contribution in [0.2, 0.25) is 5.02 Å². The number of methoxy groups -OCH3 is 2. The van der Waals surface area contributed by atoms with Gasteiger partial charge < -0.3 is 14.8 Å². The van der Waals surface area contributed by atoms with Crippen molar-refractivity contribution in [1.82, 2.24) is 14.9 Å². The van der Waals surface area contributed by atoms with E-state index in [9.17, 15) is 8.42 Å². The summed E-state index contributed by atoms with van der Waals surface area (Å²) in [7, 11) is -0.798. The lowest BCUT2D eigenvalue weighted by Crippen LogP contribution is -2.46. The molecule has 0 aliphatic carbocycles. The Morgan fingerprint density at radius 3 is 2.28 bits per heavy atom. The van der Waals surface area contributed by atoms with E-state index in [4.69, 9.17) is 21.1 Å². The van der Waals surface area contributed by atoms with Gasteiger partial charge in [0.05, 0.1) is 19.2 Å². The molecule has 0 spiro atoms. The molecule has 0 unspecified atom stereocenters. The van der Waals surface area contributed by atoms with Crippen LogP contribution in [0, 0.1) is 0 Å². The Labute approximate surface area is 166 Å². The zero-order valence-electron chi connectivity index (χ0n) is 14.1. The number of hydrogen-bond donors (Lipinski definition) is 2. The molecular formula is C14H24Cl3N3O4S. The van der Waals surface area contributed by atoms with Crippen molar-refractivity contribution in [2.24, 2.45) is 0 Å². The molecule has 2 rings (SSSR count). The fourth-order valence-electron chi connectivity index (χ4n) is 2.39. The number of nitrogens with zero attached hydrogens (tertiary/aromatic N) is 1. The molecule has 0 amide bonds. The highest BCUT2D eigenvalue weighted by Crippen LogP contribution is 2.35. The zero-order valence-corrected chi connectivity index (χ0v) is 17.3. The van der Waals surface area contributed by atoms with E-state index in [-0.39, 0.29) is 34.7 Å². The Kier molecular flexibility index (Phi) is 11.1. The molecule has 1 aromatic rings. The van der Waals surface area contributed by atoms with Gasteiger partial charge in [-0.15, -0.1) is 24.8 Å². The topological polar surface area (TPSA) is 79.9 Å². The van der Waals surface area contributed by atoms with Crippen molar-refractivity contribution < 1.29 is 17.9 Å². The molecule has 1 heterocycles. The van der Waals surface area contributed by atoms with Crippen LogP contribution in [0.25, 0.3) is 0 Å². The third-order valence-electron chi connectivity index (χ3n) is 3.66. The summed E-state index contributed by atoms with van der Waals surface area (Å²) in [6.45, 7) is 4.67. The van der Waals surface area contributed by atoms with E-state index in [1.165, 1.54) is 26.4 Å². The van der Waals surface area contributed by atoms with Crippen molar-refractivity contribution in [1.29, 1.82) is 0 Å². The highest BCUT2D eigenvalue weighted by molar-refractivity contribution is 7.89. The van der Waals surface area contributed by atoms with Crippen LogP contribution >= 0.6 is 36.4 Å². The van der Waals surface area contributed by atoms with E-state index in [0.29, 0.717) is 24.6 Å². The lowest BCUT2D eigenvalue weighted by atomic mass is 10.3. The summed E-state index contributed by atoms with van der Waals surface area (Å²) in [6, 6.07) is 2.81. The average molecular weight is 437 g/mol. The molecule has 1 aromatic carbocycles. The summed E-state index contributed by atoms with van der Waals surface area (Å²) >= 11 is 6.08. The standard InChI is InChI=1S/C14H22ClN3O4S.2ClH/c1-21-12-9-11(15)14(10-13(12)22-2)23(19,20)17-5-8-18-6-3-16-4-7-18;;/h9-10,16-17H,3-8H2,1-2H3;2*1H. The molecule has 0 bridgehead atoms. The summed E-state index contributed by atoms with van der Waals surface area (Å²) < 4.78 is 37.7. The second-order valence-corrected chi connectivity index (χ2v) is 7.27. The van der Waals surface area contributed by atoms with Gasteiger partial charge in [0.15, 0.2) is 11.5 Å². The van der Waals surface area contributed by atoms with Gasteiger partial charge in [0.25, 0.3) is 0 Å². The van der Waals surface area contributed by atoms with Crippen molar-refractivity contribution in [2.75, 3.05) is 53.5 Å². The van der Waals surface area contributed by atoms with E-state index < -0.39 is 10.0 Å². The molecule has 0 atom stereocenters. The summed E-state index contributed by atoms with van der Waals surface area (Å²) in [6.07, 6.45) is 0. The van der Waals surface area contributed by atoms with Gasteiger partial charge in [-0.25, -0.2) is 13.1 Å². The second kappa shape index (κ2) is 11.3. The van der Waals surface area contributed by atoms with Crippen LogP contribution in [0.4, 0.5) is 0 Å². The average Bonchev–Trinajstić information content (AvgIpc) is 2.55. The van der Waals surface area contributed by atoms with Gasteiger partial charge in [0.1, 0.15) is 4.90 Å². The minimum Gasteiger partial charge on any atom is -0.493 e. The van der Waals surface area contributed by atoms with E-state index in [1.54, 1.807) is 0 Å². The van der Waals surface area contributed by atoms with Crippen molar-refractivity contribution >= 4 is 46.4 Å². The molecule has 0 saturated carbocycles. The minimum absolute atomic E-state index is 0. The first kappa shape index (κ1) is 24.5. The predicted octanol–water partition coefficient (Wildman–Crippen LogP) is 1.38. The lowest BCUT2D eigenvalue weighted by molar-refractivity contribution is 0.245. The maximum atomic E-state index is 12.4. The number of sulfonamides is 1. The van der Waals surface area contributed by atoms with E-state index in [1.807, 2.05) is 0 Å². The SMILES string of the molecule is COc1cc(Cl)c(S(=O)(=O)NCCN2CCNCC2)cc1OC.Cl.Cl. The maximum absolute atomic E-state index is 12.4. The largest absolute Gasteiger partial charge is 0.493 e. The molecule has 7 nitrogen and oxygen atoms in total. The van der Waals surface area contributed by atoms with Gasteiger partial charge in [0, 0.05) is 51.4 Å². The fraction of sp³-hybridized carbons (Fsp3) is 0.571. The number of nitrogens with one attached hydrogen (secondary N) is 2. The highest BCUT2D eigenvalue weighted by atomic mass is 35.5. The van der Waals surface area contributed by atoms with Crippen LogP contribution in [0.15, 0.2) is 17.0 Å². The van der Waals surface area contributed by atoms with Crippen LogP contribution < -0.4 is 19.5 Å². The highest BCUT2D eigenvalue weighted by Gasteiger charge is 2.21. The third-order valence-corrected chi connectivity index (χ3v) is 5.58. The zero-order chi connectivity index (χ0) is 16.9. The molecular weight excluding hydrogens is 413 g/mol. The van der Waals surface area contributed by atoms with Crippen LogP contribution in [-0.4, -0.2) is 66.8 Å². The molecule has 1 fully saturated rings. The van der Waals surface area contributed by atoms with E-state index in [0.717, 1.165) is 26.2 Å². The van der Waals surface area contributed by atoms with Gasteiger partial charge in [-0.3, -0.25) is 4.90 Å². The number of halogens is 3. The molecule has 25 heavy (non-hydrogen) atoms. The van der Waals surface area contributed by atoms with E-state index >= 15 is 0 Å². The maximum Gasteiger partial charge on any atom is 0.242 e. The fourth-order valence-corrected chi connectivity index (χ4v) is 3.94. The molecule has 0 radical (unpaired) electrons. The Hall–Kier alpha value is -0.480. The van der Waals surface area contributed by atoms with Gasteiger partial charge in [-0.1, -0.05) is 11.6 Å². The summed E-state index contributed by atoms with van der Waals surface area (Å²) in [5, 5.41) is 3.35. The molecule has 146 valence electrons. The van der Waals surface area contributed by atoms with Gasteiger partial charge >= 0.3 is 0 Å². The molecule has 2 N–H and O–H groups in total. The van der Waals surface area contributed by atoms with Crippen molar-refractivity contribution in [3.05, 3.63) is 17.2 Å². The summed E-state index contributed by atoms with van der Waals surface area (Å²) in [5.41, 5.74) is 0. The molecule has 0 aromatic heterocycles. The smallest absolute Gasteiger partial charge is 0.242 e. The van der Waals surface area contributed by atoms with Crippen molar-refractivity contribution in [3.63, 3.8) is 0 Å². The Morgan fingerprint density at radius 1 is 1.16 bits per heavy atom. The normalized spacial score (nSPS) is 15.0. The number of rotatable bonds is 7. The molecule has 11 heteroatoms. The van der Waals surface area contributed by atoms with Crippen LogP contribution in [0.1, 0.15) is 0 Å². The Morgan fingerprint density at radius 2 is 1.72 bits per heavy atom. The number of ether oxygens (including phenoxy) is 2. The monoisotopic (exact) mass is 435 g/mol. The lowest BCUT2D eigenvalue weighted by Gasteiger charge is -2.27. The third kappa shape index (κ3) is 6.63. The van der Waals surface area contributed by atoms with Crippen molar-refractivity contribution in [3.8, 4) is 11.5 Å². The van der Waals surface area contributed by atoms with Crippen LogP contribution in [0.3, 0.4) is 0 Å². The molecule has 1 aliphatic heterocycles. The Balaban J connectivity index is 0.00000288. The first-order valence-corrected chi connectivity index (χ1v) is 9.18. The van der Waals surface area contributed by atoms with Gasteiger partial charge in [-0.2, -0.15) is 0 Å². The first-order valence-electron chi connectivity index (χ1n) is 7.32. The van der Waals surface area contributed by atoms with Crippen LogP contribution in [0.5, 0.6) is 11.5 Å². The molecule has 1 saturated heterocycles.